The second-order valence-electron chi connectivity index (χ2n) is 3.94. The smallest absolute Gasteiger partial charge is 0.256 e. The molecule has 0 saturated heterocycles. The van der Waals surface area contributed by atoms with Gasteiger partial charge in [-0.1, -0.05) is 6.07 Å². The van der Waals surface area contributed by atoms with Gasteiger partial charge in [0.05, 0.1) is 5.56 Å². The first-order valence-electron chi connectivity index (χ1n) is 5.39. The number of halogens is 2. The molecule has 1 amide bonds. The van der Waals surface area contributed by atoms with E-state index in [9.17, 15) is 9.18 Å². The van der Waals surface area contributed by atoms with Crippen molar-refractivity contribution in [3.8, 4) is 0 Å². The van der Waals surface area contributed by atoms with Gasteiger partial charge in [-0.25, -0.2) is 4.39 Å². The third kappa shape index (κ3) is 2.96. The molecule has 2 rings (SSSR count). The summed E-state index contributed by atoms with van der Waals surface area (Å²) in [6, 6.07) is 11.1. The number of amides is 1. The van der Waals surface area contributed by atoms with Crippen LogP contribution in [0.15, 0.2) is 46.9 Å². The normalized spacial score (nSPS) is 10.2. The molecule has 0 aliphatic heterocycles. The molecular weight excluding hydrogens is 297 g/mol. The van der Waals surface area contributed by atoms with Crippen molar-refractivity contribution in [3.05, 3.63) is 63.9 Å². The second kappa shape index (κ2) is 5.31. The Hall–Kier alpha value is -1.68. The predicted molar refractivity (Wildman–Crippen MR) is 73.2 cm³/mol. The first-order valence-corrected chi connectivity index (χ1v) is 6.18. The number of carbonyl (C=O) groups is 1. The highest BCUT2D eigenvalue weighted by atomic mass is 79.9. The largest absolute Gasteiger partial charge is 0.322 e. The Bertz CT molecular complexity index is 581. The monoisotopic (exact) mass is 307 g/mol. The van der Waals surface area contributed by atoms with E-state index in [-0.39, 0.29) is 11.7 Å². The minimum Gasteiger partial charge on any atom is -0.322 e. The molecular formula is C14H11BrFNO. The highest BCUT2D eigenvalue weighted by molar-refractivity contribution is 9.10. The zero-order chi connectivity index (χ0) is 13.1. The SMILES string of the molecule is Cc1ccc(C(=O)Nc2ccc(F)cc2)c(Br)c1. The number of carbonyl (C=O) groups excluding carboxylic acids is 1. The molecule has 0 radical (unpaired) electrons. The van der Waals surface area contributed by atoms with Crippen molar-refractivity contribution in [1.29, 1.82) is 0 Å². The van der Waals surface area contributed by atoms with Gasteiger partial charge in [0.2, 0.25) is 0 Å². The van der Waals surface area contributed by atoms with Crippen LogP contribution in [0.2, 0.25) is 0 Å². The van der Waals surface area contributed by atoms with E-state index in [4.69, 9.17) is 0 Å². The Morgan fingerprint density at radius 1 is 1.17 bits per heavy atom. The van der Waals surface area contributed by atoms with Crippen LogP contribution in [0.5, 0.6) is 0 Å². The third-order valence-corrected chi connectivity index (χ3v) is 3.13. The van der Waals surface area contributed by atoms with Gasteiger partial charge in [0.15, 0.2) is 0 Å². The predicted octanol–water partition coefficient (Wildman–Crippen LogP) is 4.15. The number of benzene rings is 2. The van der Waals surface area contributed by atoms with E-state index in [1.54, 1.807) is 6.07 Å². The van der Waals surface area contributed by atoms with Gasteiger partial charge in [-0.2, -0.15) is 0 Å². The van der Waals surface area contributed by atoms with Crippen molar-refractivity contribution in [3.63, 3.8) is 0 Å². The average Bonchev–Trinajstić information content (AvgIpc) is 2.32. The van der Waals surface area contributed by atoms with Crippen LogP contribution in [-0.4, -0.2) is 5.91 Å². The Balaban J connectivity index is 2.19. The molecule has 0 atom stereocenters. The van der Waals surface area contributed by atoms with E-state index >= 15 is 0 Å². The zero-order valence-corrected chi connectivity index (χ0v) is 11.3. The Morgan fingerprint density at radius 3 is 2.44 bits per heavy atom. The lowest BCUT2D eigenvalue weighted by Gasteiger charge is -2.07. The van der Waals surface area contributed by atoms with Crippen LogP contribution in [-0.2, 0) is 0 Å². The van der Waals surface area contributed by atoms with Crippen LogP contribution in [0.1, 0.15) is 15.9 Å². The van der Waals surface area contributed by atoms with E-state index in [2.05, 4.69) is 21.2 Å². The Kier molecular flexibility index (Phi) is 3.77. The molecule has 18 heavy (non-hydrogen) atoms. The van der Waals surface area contributed by atoms with Crippen molar-refractivity contribution in [2.24, 2.45) is 0 Å². The Morgan fingerprint density at radius 2 is 1.83 bits per heavy atom. The lowest BCUT2D eigenvalue weighted by Crippen LogP contribution is -2.12. The molecule has 4 heteroatoms. The molecule has 0 fully saturated rings. The van der Waals surface area contributed by atoms with Crippen LogP contribution in [0.4, 0.5) is 10.1 Å². The van der Waals surface area contributed by atoms with Crippen LogP contribution in [0.3, 0.4) is 0 Å². The summed E-state index contributed by atoms with van der Waals surface area (Å²) in [7, 11) is 0. The fraction of sp³-hybridized carbons (Fsp3) is 0.0714. The number of aryl methyl sites for hydroxylation is 1. The fourth-order valence-corrected chi connectivity index (χ4v) is 2.21. The summed E-state index contributed by atoms with van der Waals surface area (Å²) in [6.07, 6.45) is 0. The Labute approximate surface area is 113 Å². The van der Waals surface area contributed by atoms with Crippen molar-refractivity contribution < 1.29 is 9.18 Å². The molecule has 0 bridgehead atoms. The molecule has 92 valence electrons. The van der Waals surface area contributed by atoms with Gasteiger partial charge >= 0.3 is 0 Å². The molecule has 0 heterocycles. The molecule has 2 nitrogen and oxygen atoms in total. The lowest BCUT2D eigenvalue weighted by atomic mass is 10.1. The minimum atomic E-state index is -0.329. The van der Waals surface area contributed by atoms with Gasteiger partial charge in [0, 0.05) is 10.2 Å². The quantitative estimate of drug-likeness (QED) is 0.887. The minimum absolute atomic E-state index is 0.228. The number of anilines is 1. The molecule has 0 unspecified atom stereocenters. The second-order valence-corrected chi connectivity index (χ2v) is 4.80. The number of rotatable bonds is 2. The van der Waals surface area contributed by atoms with E-state index in [1.165, 1.54) is 24.3 Å². The highest BCUT2D eigenvalue weighted by Crippen LogP contribution is 2.20. The van der Waals surface area contributed by atoms with Gasteiger partial charge in [-0.05, 0) is 64.8 Å². The topological polar surface area (TPSA) is 29.1 Å². The highest BCUT2D eigenvalue weighted by Gasteiger charge is 2.10. The van der Waals surface area contributed by atoms with Gasteiger partial charge < -0.3 is 5.32 Å². The average molecular weight is 308 g/mol. The van der Waals surface area contributed by atoms with E-state index in [0.717, 1.165) is 10.0 Å². The van der Waals surface area contributed by atoms with Gasteiger partial charge in [-0.15, -0.1) is 0 Å². The van der Waals surface area contributed by atoms with E-state index < -0.39 is 0 Å². The number of hydrogen-bond donors (Lipinski definition) is 1. The summed E-state index contributed by atoms with van der Waals surface area (Å²) in [5.41, 5.74) is 2.18. The molecule has 2 aromatic carbocycles. The maximum absolute atomic E-state index is 12.7. The standard InChI is InChI=1S/C14H11BrFNO/c1-9-2-7-12(13(15)8-9)14(18)17-11-5-3-10(16)4-6-11/h2-8H,1H3,(H,17,18). The maximum atomic E-state index is 12.7. The maximum Gasteiger partial charge on any atom is 0.256 e. The lowest BCUT2D eigenvalue weighted by molar-refractivity contribution is 0.102. The summed E-state index contributed by atoms with van der Waals surface area (Å²) in [4.78, 5) is 12.0. The molecule has 0 aliphatic carbocycles. The van der Waals surface area contributed by atoms with Crippen molar-refractivity contribution >= 4 is 27.5 Å². The van der Waals surface area contributed by atoms with Crippen molar-refractivity contribution in [2.45, 2.75) is 6.92 Å². The molecule has 1 N–H and O–H groups in total. The first kappa shape index (κ1) is 12.8. The summed E-state index contributed by atoms with van der Waals surface area (Å²) in [5.74, 6) is -0.557. The molecule has 2 aromatic rings. The summed E-state index contributed by atoms with van der Waals surface area (Å²) in [5, 5.41) is 2.71. The zero-order valence-electron chi connectivity index (χ0n) is 9.71. The van der Waals surface area contributed by atoms with Crippen molar-refractivity contribution in [2.75, 3.05) is 5.32 Å². The number of hydrogen-bond acceptors (Lipinski definition) is 1. The molecule has 0 spiro atoms. The summed E-state index contributed by atoms with van der Waals surface area (Å²) >= 11 is 3.35. The fourth-order valence-electron chi connectivity index (χ4n) is 1.54. The van der Waals surface area contributed by atoms with E-state index in [0.29, 0.717) is 11.3 Å². The van der Waals surface area contributed by atoms with Crippen LogP contribution >= 0.6 is 15.9 Å². The first-order chi connectivity index (χ1) is 8.56. The summed E-state index contributed by atoms with van der Waals surface area (Å²) in [6.45, 7) is 1.95. The van der Waals surface area contributed by atoms with Gasteiger partial charge in [0.1, 0.15) is 5.82 Å². The van der Waals surface area contributed by atoms with Crippen LogP contribution in [0.25, 0.3) is 0 Å². The molecule has 0 aromatic heterocycles. The number of nitrogens with one attached hydrogen (secondary N) is 1. The third-order valence-electron chi connectivity index (χ3n) is 2.47. The van der Waals surface area contributed by atoms with Gasteiger partial charge in [0.25, 0.3) is 5.91 Å². The van der Waals surface area contributed by atoms with Gasteiger partial charge in [-0.3, -0.25) is 4.79 Å². The molecule has 0 saturated carbocycles. The van der Waals surface area contributed by atoms with Crippen LogP contribution in [0, 0.1) is 12.7 Å². The van der Waals surface area contributed by atoms with E-state index in [1.807, 2.05) is 19.1 Å². The van der Waals surface area contributed by atoms with Crippen molar-refractivity contribution in [1.82, 2.24) is 0 Å². The molecule has 0 aliphatic rings. The summed E-state index contributed by atoms with van der Waals surface area (Å²) < 4.78 is 13.5. The van der Waals surface area contributed by atoms with Crippen LogP contribution < -0.4 is 5.32 Å².